The number of nitrogens with one attached hydrogen (secondary N) is 1. The maximum atomic E-state index is 12.8. The number of hydrogen-bond acceptors (Lipinski definition) is 6. The fraction of sp³-hybridized carbons (Fsp3) is 0.200. The van der Waals surface area contributed by atoms with Gasteiger partial charge in [-0.1, -0.05) is 30.3 Å². The first-order valence-corrected chi connectivity index (χ1v) is 11.0. The maximum absolute atomic E-state index is 12.8. The summed E-state index contributed by atoms with van der Waals surface area (Å²) in [4.78, 5) is 35.0. The van der Waals surface area contributed by atoms with Crippen LogP contribution in [0.25, 0.3) is 11.1 Å². The summed E-state index contributed by atoms with van der Waals surface area (Å²) in [5.74, 6) is -0.982. The monoisotopic (exact) mass is 497 g/mol. The lowest BCUT2D eigenvalue weighted by Crippen LogP contribution is -2.17. The number of oxazole rings is 1. The molecule has 1 heterocycles. The molecular weight excluding hydrogens is 476 g/mol. The number of halogens is 2. The minimum absolute atomic E-state index is 0.0262. The number of benzene rings is 3. The average Bonchev–Trinajstić information content (AvgIpc) is 3.15. The van der Waals surface area contributed by atoms with E-state index < -0.39 is 17.3 Å². The third kappa shape index (κ3) is 5.93. The Balaban J connectivity index is 1.41. The summed E-state index contributed by atoms with van der Waals surface area (Å²) in [6.45, 7) is -2.81. The Bertz CT molecular complexity index is 1450. The van der Waals surface area contributed by atoms with Gasteiger partial charge in [0.05, 0.1) is 16.5 Å². The predicted octanol–water partition coefficient (Wildman–Crippen LogP) is 5.11. The number of amides is 1. The molecule has 186 valence electrons. The molecule has 0 unspecified atom stereocenters. The van der Waals surface area contributed by atoms with Gasteiger partial charge < -0.3 is 14.5 Å². The van der Waals surface area contributed by atoms with Crippen LogP contribution >= 0.6 is 0 Å². The van der Waals surface area contributed by atoms with E-state index >= 15 is 0 Å². The SMILES string of the molecule is O=C(CCCn1c(=O)oc2cc([N+](=O)[O-])ccc21)Nc1ccc(OC(F)F)c(Cc2ccccc2)c1. The van der Waals surface area contributed by atoms with Crippen molar-refractivity contribution < 1.29 is 27.7 Å². The van der Waals surface area contributed by atoms with Crippen LogP contribution in [0.5, 0.6) is 5.75 Å². The number of anilines is 1. The van der Waals surface area contributed by atoms with E-state index in [0.29, 0.717) is 29.6 Å². The number of fused-ring (bicyclic) bond motifs is 1. The Hall–Kier alpha value is -4.54. The zero-order valence-electron chi connectivity index (χ0n) is 18.9. The molecule has 1 aromatic heterocycles. The molecule has 0 aliphatic carbocycles. The molecule has 0 saturated carbocycles. The summed E-state index contributed by atoms with van der Waals surface area (Å²) in [6.07, 6.45) is 0.692. The maximum Gasteiger partial charge on any atom is 0.419 e. The van der Waals surface area contributed by atoms with E-state index in [0.717, 1.165) is 5.56 Å². The minimum Gasteiger partial charge on any atom is -0.435 e. The highest BCUT2D eigenvalue weighted by atomic mass is 19.3. The molecule has 4 rings (SSSR count). The molecule has 1 N–H and O–H groups in total. The number of carbonyl (C=O) groups excluding carboxylic acids is 1. The van der Waals surface area contributed by atoms with Crippen molar-refractivity contribution in [1.82, 2.24) is 4.57 Å². The van der Waals surface area contributed by atoms with Crippen molar-refractivity contribution in [2.24, 2.45) is 0 Å². The Morgan fingerprint density at radius 2 is 1.89 bits per heavy atom. The number of nitro benzene ring substituents is 1. The van der Waals surface area contributed by atoms with Crippen LogP contribution in [0.2, 0.25) is 0 Å². The van der Waals surface area contributed by atoms with E-state index in [1.807, 2.05) is 30.3 Å². The Kier molecular flexibility index (Phi) is 7.38. The second kappa shape index (κ2) is 10.8. The Morgan fingerprint density at radius 1 is 1.11 bits per heavy atom. The summed E-state index contributed by atoms with van der Waals surface area (Å²) in [5, 5.41) is 13.6. The van der Waals surface area contributed by atoms with Crippen molar-refractivity contribution in [3.05, 3.63) is 98.5 Å². The number of carbonyl (C=O) groups is 1. The van der Waals surface area contributed by atoms with E-state index in [1.165, 1.54) is 34.9 Å². The van der Waals surface area contributed by atoms with Gasteiger partial charge in [0.1, 0.15) is 5.75 Å². The lowest BCUT2D eigenvalue weighted by Gasteiger charge is -2.13. The zero-order valence-corrected chi connectivity index (χ0v) is 18.9. The van der Waals surface area contributed by atoms with Crippen LogP contribution in [-0.4, -0.2) is 22.0 Å². The number of nitrogens with zero attached hydrogens (tertiary/aromatic N) is 2. The molecule has 0 radical (unpaired) electrons. The van der Waals surface area contributed by atoms with Crippen LogP contribution in [0.3, 0.4) is 0 Å². The van der Waals surface area contributed by atoms with Crippen LogP contribution in [0.1, 0.15) is 24.0 Å². The summed E-state index contributed by atoms with van der Waals surface area (Å²) in [6, 6.07) is 17.6. The smallest absolute Gasteiger partial charge is 0.419 e. The molecule has 0 atom stereocenters. The predicted molar refractivity (Wildman–Crippen MR) is 127 cm³/mol. The molecule has 0 spiro atoms. The lowest BCUT2D eigenvalue weighted by atomic mass is 10.0. The summed E-state index contributed by atoms with van der Waals surface area (Å²) < 4.78 is 36.7. The van der Waals surface area contributed by atoms with E-state index in [-0.39, 0.29) is 35.9 Å². The van der Waals surface area contributed by atoms with Crippen LogP contribution in [0.15, 0.2) is 75.9 Å². The van der Waals surface area contributed by atoms with Gasteiger partial charge in [0.2, 0.25) is 5.91 Å². The van der Waals surface area contributed by atoms with Crippen LogP contribution in [0, 0.1) is 10.1 Å². The molecule has 0 saturated heterocycles. The highest BCUT2D eigenvalue weighted by Gasteiger charge is 2.15. The molecule has 4 aromatic rings. The topological polar surface area (TPSA) is 117 Å². The molecule has 36 heavy (non-hydrogen) atoms. The molecule has 3 aromatic carbocycles. The summed E-state index contributed by atoms with van der Waals surface area (Å²) in [5.41, 5.74) is 2.10. The van der Waals surface area contributed by atoms with Crippen LogP contribution in [-0.2, 0) is 17.8 Å². The van der Waals surface area contributed by atoms with Crippen molar-refractivity contribution in [3.63, 3.8) is 0 Å². The fourth-order valence-corrected chi connectivity index (χ4v) is 3.82. The van der Waals surface area contributed by atoms with E-state index in [2.05, 4.69) is 10.1 Å². The quantitative estimate of drug-likeness (QED) is 0.240. The first kappa shape index (κ1) is 24.6. The molecule has 11 heteroatoms. The van der Waals surface area contributed by atoms with E-state index in [4.69, 9.17) is 4.42 Å². The fourth-order valence-electron chi connectivity index (χ4n) is 3.82. The number of ether oxygens (including phenoxy) is 1. The first-order chi connectivity index (χ1) is 17.3. The number of hydrogen-bond donors (Lipinski definition) is 1. The Labute approximate surface area is 203 Å². The van der Waals surface area contributed by atoms with Gasteiger partial charge in [-0.25, -0.2) is 4.79 Å². The molecular formula is C25H21F2N3O6. The molecule has 9 nitrogen and oxygen atoms in total. The van der Waals surface area contributed by atoms with Crippen molar-refractivity contribution >= 4 is 28.4 Å². The number of alkyl halides is 2. The van der Waals surface area contributed by atoms with Crippen molar-refractivity contribution in [3.8, 4) is 5.75 Å². The van der Waals surface area contributed by atoms with Crippen molar-refractivity contribution in [2.75, 3.05) is 5.32 Å². The molecule has 0 aliphatic rings. The van der Waals surface area contributed by atoms with Gasteiger partial charge >= 0.3 is 12.4 Å². The number of aryl methyl sites for hydroxylation is 1. The van der Waals surface area contributed by atoms with Gasteiger partial charge in [0, 0.05) is 36.7 Å². The number of aromatic nitrogens is 1. The van der Waals surface area contributed by atoms with Crippen LogP contribution < -0.4 is 15.8 Å². The van der Waals surface area contributed by atoms with E-state index in [1.54, 1.807) is 6.07 Å². The second-order valence-corrected chi connectivity index (χ2v) is 7.94. The standard InChI is InChI=1S/C25H21F2N3O6/c26-24(27)35-21-11-8-18(14-17(21)13-16-5-2-1-3-6-16)28-23(31)7-4-12-29-20-10-9-19(30(33)34)15-22(20)36-25(29)32/h1-3,5-6,8-11,14-15,24H,4,7,12-13H2,(H,28,31). The van der Waals surface area contributed by atoms with Gasteiger partial charge in [0.25, 0.3) is 5.69 Å². The largest absolute Gasteiger partial charge is 0.435 e. The highest BCUT2D eigenvalue weighted by molar-refractivity contribution is 5.90. The third-order valence-corrected chi connectivity index (χ3v) is 5.45. The van der Waals surface area contributed by atoms with Gasteiger partial charge in [0.15, 0.2) is 5.58 Å². The second-order valence-electron chi connectivity index (χ2n) is 7.94. The third-order valence-electron chi connectivity index (χ3n) is 5.45. The first-order valence-electron chi connectivity index (χ1n) is 11.0. The number of rotatable bonds is 10. The van der Waals surface area contributed by atoms with Crippen molar-refractivity contribution in [2.45, 2.75) is 32.4 Å². The number of non-ortho nitro benzene ring substituents is 1. The lowest BCUT2D eigenvalue weighted by molar-refractivity contribution is -0.384. The highest BCUT2D eigenvalue weighted by Crippen LogP contribution is 2.27. The van der Waals surface area contributed by atoms with Crippen LogP contribution in [0.4, 0.5) is 20.2 Å². The minimum atomic E-state index is -2.98. The van der Waals surface area contributed by atoms with E-state index in [9.17, 15) is 28.5 Å². The average molecular weight is 497 g/mol. The Morgan fingerprint density at radius 3 is 2.61 bits per heavy atom. The summed E-state index contributed by atoms with van der Waals surface area (Å²) >= 11 is 0. The molecule has 0 fully saturated rings. The van der Waals surface area contributed by atoms with Gasteiger partial charge in [-0.2, -0.15) is 8.78 Å². The van der Waals surface area contributed by atoms with Gasteiger partial charge in [-0.3, -0.25) is 19.5 Å². The zero-order chi connectivity index (χ0) is 25.7. The van der Waals surface area contributed by atoms with Gasteiger partial charge in [-0.15, -0.1) is 0 Å². The number of nitro groups is 1. The normalized spacial score (nSPS) is 11.1. The van der Waals surface area contributed by atoms with Gasteiger partial charge in [-0.05, 0) is 36.2 Å². The van der Waals surface area contributed by atoms with Crippen molar-refractivity contribution in [1.29, 1.82) is 0 Å². The molecule has 0 bridgehead atoms. The summed E-state index contributed by atoms with van der Waals surface area (Å²) in [7, 11) is 0. The molecule has 0 aliphatic heterocycles. The molecule has 1 amide bonds.